The highest BCUT2D eigenvalue weighted by molar-refractivity contribution is 5.87. The normalized spacial score (nSPS) is 18.6. The van der Waals surface area contributed by atoms with Gasteiger partial charge in [0.15, 0.2) is 0 Å². The number of alkyl halides is 2. The molecule has 0 bridgehead atoms. The zero-order valence-corrected chi connectivity index (χ0v) is 20.8. The van der Waals surface area contributed by atoms with Crippen LogP contribution in [0.5, 0.6) is 0 Å². The maximum Gasteiger partial charge on any atom is 0.253 e. The van der Waals surface area contributed by atoms with Crippen molar-refractivity contribution >= 4 is 11.4 Å². The summed E-state index contributed by atoms with van der Waals surface area (Å²) in [6, 6.07) is 7.62. The van der Waals surface area contributed by atoms with Gasteiger partial charge in [-0.3, -0.25) is 14.5 Å². The Balaban J connectivity index is 1.37. The summed E-state index contributed by atoms with van der Waals surface area (Å²) in [5.41, 5.74) is 3.39. The quantitative estimate of drug-likeness (QED) is 0.420. The van der Waals surface area contributed by atoms with Crippen LogP contribution in [-0.2, 0) is 17.4 Å². The molecule has 4 aromatic rings. The summed E-state index contributed by atoms with van der Waals surface area (Å²) in [7, 11) is 1.83. The number of hydrogen-bond acceptors (Lipinski definition) is 6. The van der Waals surface area contributed by atoms with Gasteiger partial charge >= 0.3 is 0 Å². The third kappa shape index (κ3) is 4.20. The smallest absolute Gasteiger partial charge is 0.253 e. The van der Waals surface area contributed by atoms with Gasteiger partial charge in [0.25, 0.3) is 5.92 Å². The Hall–Kier alpha value is -4.17. The number of hydrogen-bond donors (Lipinski definition) is 2. The second-order valence-corrected chi connectivity index (χ2v) is 10.2. The van der Waals surface area contributed by atoms with E-state index in [9.17, 15) is 18.8 Å². The van der Waals surface area contributed by atoms with Crippen molar-refractivity contribution in [3.05, 3.63) is 60.4 Å². The third-order valence-electron chi connectivity index (χ3n) is 7.53. The minimum atomic E-state index is -2.86. The van der Waals surface area contributed by atoms with Gasteiger partial charge in [-0.2, -0.15) is 15.5 Å². The lowest BCUT2D eigenvalue weighted by atomic mass is 9.70. The number of pyridine rings is 2. The van der Waals surface area contributed by atoms with E-state index in [-0.39, 0.29) is 11.8 Å². The minimum absolute atomic E-state index is 0.198. The van der Waals surface area contributed by atoms with Crippen LogP contribution in [-0.4, -0.2) is 49.3 Å². The molecule has 0 atom stereocenters. The van der Waals surface area contributed by atoms with Gasteiger partial charge in [0, 0.05) is 66.7 Å². The van der Waals surface area contributed by atoms with Crippen LogP contribution in [0.4, 0.5) is 8.78 Å². The van der Waals surface area contributed by atoms with Crippen molar-refractivity contribution < 1.29 is 13.6 Å². The summed E-state index contributed by atoms with van der Waals surface area (Å²) in [4.78, 5) is 17.6. The Labute approximate surface area is 217 Å². The van der Waals surface area contributed by atoms with E-state index in [4.69, 9.17) is 0 Å². The fourth-order valence-corrected chi connectivity index (χ4v) is 5.57. The number of aryl methyl sites for hydroxylation is 1. The van der Waals surface area contributed by atoms with Crippen LogP contribution in [0.2, 0.25) is 0 Å². The summed E-state index contributed by atoms with van der Waals surface area (Å²) in [6.07, 6.45) is 8.98. The van der Waals surface area contributed by atoms with Crippen LogP contribution < -0.4 is 10.6 Å². The Morgan fingerprint density at radius 2 is 1.89 bits per heavy atom. The van der Waals surface area contributed by atoms with E-state index >= 15 is 0 Å². The molecule has 1 saturated heterocycles. The molecule has 1 amide bonds. The Bertz CT molecular complexity index is 1550. The maximum atomic E-state index is 14.1. The van der Waals surface area contributed by atoms with Crippen LogP contribution in [0.25, 0.3) is 27.8 Å². The number of halogens is 2. The Morgan fingerprint density at radius 1 is 1.11 bits per heavy atom. The van der Waals surface area contributed by atoms with Crippen LogP contribution in [0.1, 0.15) is 36.9 Å². The molecule has 0 aromatic carbocycles. The van der Waals surface area contributed by atoms with Crippen LogP contribution >= 0.6 is 0 Å². The van der Waals surface area contributed by atoms with Gasteiger partial charge in [0.2, 0.25) is 5.91 Å². The van der Waals surface area contributed by atoms with Crippen molar-refractivity contribution in [1.29, 1.82) is 5.26 Å². The van der Waals surface area contributed by atoms with Gasteiger partial charge < -0.3 is 10.6 Å². The topological polar surface area (TPSA) is 113 Å². The molecule has 4 aromatic heterocycles. The molecule has 194 valence electrons. The van der Waals surface area contributed by atoms with Crippen LogP contribution in [0, 0.1) is 17.2 Å². The van der Waals surface area contributed by atoms with Gasteiger partial charge in [-0.25, -0.2) is 13.3 Å². The van der Waals surface area contributed by atoms with Gasteiger partial charge in [0.05, 0.1) is 34.7 Å². The maximum absolute atomic E-state index is 14.1. The molecule has 1 saturated carbocycles. The third-order valence-corrected chi connectivity index (χ3v) is 7.53. The molecular formula is C27H26F2N8O. The average molecular weight is 517 g/mol. The molecule has 38 heavy (non-hydrogen) atoms. The average Bonchev–Trinajstić information content (AvgIpc) is 3.53. The highest BCUT2D eigenvalue weighted by Crippen LogP contribution is 2.51. The number of piperidine rings is 1. The SMILES string of the molecule is Cn1cc(-c2cc(-c3ccc(C4(NC(=O)C5CCNCC5)CC(F)(F)C4)nc3)c3c(C#N)cnn3c2)cn1. The fourth-order valence-electron chi connectivity index (χ4n) is 5.57. The second kappa shape index (κ2) is 8.99. The van der Waals surface area contributed by atoms with Crippen molar-refractivity contribution in [2.45, 2.75) is 37.1 Å². The predicted molar refractivity (Wildman–Crippen MR) is 135 cm³/mol. The molecule has 0 unspecified atom stereocenters. The number of nitrogens with zero attached hydrogens (tertiary/aromatic N) is 6. The summed E-state index contributed by atoms with van der Waals surface area (Å²) >= 11 is 0. The Morgan fingerprint density at radius 3 is 2.53 bits per heavy atom. The molecule has 1 aliphatic heterocycles. The van der Waals surface area contributed by atoms with Crippen LogP contribution in [0.3, 0.4) is 0 Å². The number of amides is 1. The van der Waals surface area contributed by atoms with Crippen molar-refractivity contribution in [3.8, 4) is 28.3 Å². The van der Waals surface area contributed by atoms with Gasteiger partial charge in [-0.15, -0.1) is 0 Å². The van der Waals surface area contributed by atoms with E-state index < -0.39 is 24.3 Å². The lowest BCUT2D eigenvalue weighted by molar-refractivity contribution is -0.153. The molecule has 6 rings (SSSR count). The monoisotopic (exact) mass is 516 g/mol. The highest BCUT2D eigenvalue weighted by Gasteiger charge is 2.59. The first kappa shape index (κ1) is 24.2. The molecule has 1 aliphatic carbocycles. The van der Waals surface area contributed by atoms with E-state index in [1.54, 1.807) is 33.7 Å². The number of nitriles is 1. The van der Waals surface area contributed by atoms with Gasteiger partial charge in [-0.05, 0) is 38.1 Å². The van der Waals surface area contributed by atoms with Crippen molar-refractivity contribution in [2.24, 2.45) is 13.0 Å². The first-order valence-electron chi connectivity index (χ1n) is 12.5. The zero-order chi connectivity index (χ0) is 26.5. The largest absolute Gasteiger partial charge is 0.344 e. The second-order valence-electron chi connectivity index (χ2n) is 10.2. The molecule has 2 fully saturated rings. The molecular weight excluding hydrogens is 490 g/mol. The molecule has 5 heterocycles. The zero-order valence-electron chi connectivity index (χ0n) is 20.8. The lowest BCUT2D eigenvalue weighted by Crippen LogP contribution is -2.61. The fraction of sp³-hybridized carbons (Fsp3) is 0.370. The van der Waals surface area contributed by atoms with Crippen molar-refractivity contribution in [2.75, 3.05) is 13.1 Å². The summed E-state index contributed by atoms with van der Waals surface area (Å²) in [5, 5.41) is 24.4. The van der Waals surface area contributed by atoms with Crippen molar-refractivity contribution in [3.63, 3.8) is 0 Å². The van der Waals surface area contributed by atoms with E-state index in [0.29, 0.717) is 35.2 Å². The number of carbonyl (C=O) groups excluding carboxylic acids is 1. The standard InChI is InChI=1S/C27H26F2N8O/c1-36-13-21(12-33-36)19-8-22(24-20(9-30)11-34-37(24)14-19)18-2-3-23(32-10-18)26(15-27(28,29)16-26)35-25(38)17-4-6-31-7-5-17/h2-3,8,10-14,17,31H,4-7,15-16H2,1H3,(H,35,38). The summed E-state index contributed by atoms with van der Waals surface area (Å²) in [5.74, 6) is -3.25. The van der Waals surface area contributed by atoms with Crippen molar-refractivity contribution in [1.82, 2.24) is 35.0 Å². The molecule has 0 radical (unpaired) electrons. The van der Waals surface area contributed by atoms with E-state index in [2.05, 4.69) is 31.9 Å². The number of rotatable bonds is 5. The molecule has 2 N–H and O–H groups in total. The first-order valence-corrected chi connectivity index (χ1v) is 12.5. The number of aromatic nitrogens is 5. The van der Waals surface area contributed by atoms with Gasteiger partial charge in [0.1, 0.15) is 6.07 Å². The van der Waals surface area contributed by atoms with E-state index in [0.717, 1.165) is 29.8 Å². The number of fused-ring (bicyclic) bond motifs is 1. The Kier molecular flexibility index (Phi) is 5.72. The molecule has 2 aliphatic rings. The lowest BCUT2D eigenvalue weighted by Gasteiger charge is -2.47. The number of nitrogens with one attached hydrogen (secondary N) is 2. The highest BCUT2D eigenvalue weighted by atomic mass is 19.3. The molecule has 9 nitrogen and oxygen atoms in total. The minimum Gasteiger partial charge on any atom is -0.344 e. The van der Waals surface area contributed by atoms with Crippen LogP contribution in [0.15, 0.2) is 49.2 Å². The predicted octanol–water partition coefficient (Wildman–Crippen LogP) is 3.41. The summed E-state index contributed by atoms with van der Waals surface area (Å²) < 4.78 is 31.6. The molecule has 11 heteroatoms. The van der Waals surface area contributed by atoms with E-state index in [1.165, 1.54) is 6.20 Å². The molecule has 0 spiro atoms. The van der Waals surface area contributed by atoms with Gasteiger partial charge in [-0.1, -0.05) is 6.07 Å². The summed E-state index contributed by atoms with van der Waals surface area (Å²) in [6.45, 7) is 1.47. The van der Waals surface area contributed by atoms with E-state index in [1.807, 2.05) is 25.5 Å². The first-order chi connectivity index (χ1) is 18.3. The number of carbonyl (C=O) groups is 1.